The molecule has 1 aromatic carbocycles. The minimum atomic E-state index is -4.52. The molecule has 2 rings (SSSR count). The van der Waals surface area contributed by atoms with Gasteiger partial charge in [0.15, 0.2) is 0 Å². The van der Waals surface area contributed by atoms with E-state index in [0.717, 1.165) is 6.07 Å². The first-order valence-corrected chi connectivity index (χ1v) is 5.26. The van der Waals surface area contributed by atoms with Gasteiger partial charge in [-0.3, -0.25) is 0 Å². The lowest BCUT2D eigenvalue weighted by atomic mass is 10.1. The summed E-state index contributed by atoms with van der Waals surface area (Å²) < 4.78 is 37.7. The van der Waals surface area contributed by atoms with Crippen molar-refractivity contribution in [2.24, 2.45) is 0 Å². The lowest BCUT2D eigenvalue weighted by molar-refractivity contribution is -0.140. The van der Waals surface area contributed by atoms with Crippen molar-refractivity contribution >= 4 is 11.6 Å². The number of alkyl halides is 3. The fourth-order valence-electron chi connectivity index (χ4n) is 1.57. The molecule has 0 unspecified atom stereocenters. The highest BCUT2D eigenvalue weighted by Crippen LogP contribution is 2.35. The fourth-order valence-corrected chi connectivity index (χ4v) is 1.80. The van der Waals surface area contributed by atoms with Gasteiger partial charge < -0.3 is 4.98 Å². The molecule has 1 aromatic heterocycles. The quantitative estimate of drug-likeness (QED) is 0.828. The van der Waals surface area contributed by atoms with E-state index in [2.05, 4.69) is 4.98 Å². The zero-order valence-corrected chi connectivity index (χ0v) is 9.60. The van der Waals surface area contributed by atoms with E-state index in [1.165, 1.54) is 0 Å². The van der Waals surface area contributed by atoms with E-state index >= 15 is 0 Å². The van der Waals surface area contributed by atoms with Crippen LogP contribution in [0.3, 0.4) is 0 Å². The number of hydrogen-bond acceptors (Lipinski definition) is 1. The Labute approximate surface area is 106 Å². The van der Waals surface area contributed by atoms with Crippen LogP contribution in [0, 0.1) is 11.3 Å². The van der Waals surface area contributed by atoms with Gasteiger partial charge in [-0.15, -0.1) is 0 Å². The summed E-state index contributed by atoms with van der Waals surface area (Å²) in [5.74, 6) is 0. The first-order valence-electron chi connectivity index (χ1n) is 4.88. The summed E-state index contributed by atoms with van der Waals surface area (Å²) in [6, 6.07) is 8.89. The Morgan fingerprint density at radius 3 is 2.44 bits per heavy atom. The predicted molar refractivity (Wildman–Crippen MR) is 61.0 cm³/mol. The Balaban J connectivity index is 2.63. The van der Waals surface area contributed by atoms with Crippen molar-refractivity contribution in [1.82, 2.24) is 4.98 Å². The van der Waals surface area contributed by atoms with Gasteiger partial charge in [0, 0.05) is 10.6 Å². The van der Waals surface area contributed by atoms with Crippen molar-refractivity contribution in [3.05, 3.63) is 46.6 Å². The molecular weight excluding hydrogens is 265 g/mol. The van der Waals surface area contributed by atoms with Crippen molar-refractivity contribution in [2.45, 2.75) is 6.18 Å². The maximum atomic E-state index is 12.6. The Morgan fingerprint density at radius 1 is 1.22 bits per heavy atom. The van der Waals surface area contributed by atoms with Crippen LogP contribution in [0.5, 0.6) is 0 Å². The number of H-pyrrole nitrogens is 1. The van der Waals surface area contributed by atoms with Gasteiger partial charge in [0.1, 0.15) is 11.8 Å². The summed E-state index contributed by atoms with van der Waals surface area (Å²) in [4.78, 5) is 2.20. The SMILES string of the molecule is N#Cc1cc(C(F)(F)F)[nH]c1-c1ccccc1Cl. The van der Waals surface area contributed by atoms with Crippen molar-refractivity contribution in [1.29, 1.82) is 5.26 Å². The molecule has 0 fully saturated rings. The normalized spacial score (nSPS) is 11.3. The lowest BCUT2D eigenvalue weighted by Crippen LogP contribution is -2.04. The molecule has 0 spiro atoms. The average Bonchev–Trinajstić information content (AvgIpc) is 2.73. The maximum Gasteiger partial charge on any atom is 0.431 e. The highest BCUT2D eigenvalue weighted by molar-refractivity contribution is 6.33. The number of nitrogens with one attached hydrogen (secondary N) is 1. The van der Waals surface area contributed by atoms with Crippen molar-refractivity contribution < 1.29 is 13.2 Å². The summed E-state index contributed by atoms with van der Waals surface area (Å²) in [7, 11) is 0. The van der Waals surface area contributed by atoms with Gasteiger partial charge in [-0.2, -0.15) is 18.4 Å². The van der Waals surface area contributed by atoms with Gasteiger partial charge in [0.05, 0.1) is 11.3 Å². The van der Waals surface area contributed by atoms with Crippen LogP contribution >= 0.6 is 11.6 Å². The van der Waals surface area contributed by atoms with Gasteiger partial charge in [-0.1, -0.05) is 29.8 Å². The lowest BCUT2D eigenvalue weighted by Gasteiger charge is -2.04. The zero-order valence-electron chi connectivity index (χ0n) is 8.85. The molecule has 0 saturated heterocycles. The van der Waals surface area contributed by atoms with Crippen LogP contribution in [0.4, 0.5) is 13.2 Å². The molecule has 0 aliphatic carbocycles. The fraction of sp³-hybridized carbons (Fsp3) is 0.0833. The molecule has 18 heavy (non-hydrogen) atoms. The third kappa shape index (κ3) is 2.20. The minimum absolute atomic E-state index is 0.0791. The predicted octanol–water partition coefficient (Wildman–Crippen LogP) is 4.23. The van der Waals surface area contributed by atoms with Crippen LogP contribution < -0.4 is 0 Å². The van der Waals surface area contributed by atoms with Gasteiger partial charge in [-0.25, -0.2) is 0 Å². The summed E-state index contributed by atoms with van der Waals surface area (Å²) in [5, 5.41) is 9.15. The van der Waals surface area contributed by atoms with E-state index in [1.807, 2.05) is 0 Å². The number of halogens is 4. The first kappa shape index (κ1) is 12.5. The van der Waals surface area contributed by atoms with E-state index < -0.39 is 11.9 Å². The van der Waals surface area contributed by atoms with E-state index in [9.17, 15) is 13.2 Å². The van der Waals surface area contributed by atoms with Gasteiger partial charge in [-0.05, 0) is 12.1 Å². The Bertz CT molecular complexity index is 623. The van der Waals surface area contributed by atoms with Crippen LogP contribution in [0.2, 0.25) is 5.02 Å². The Hall–Kier alpha value is -1.93. The van der Waals surface area contributed by atoms with E-state index in [4.69, 9.17) is 16.9 Å². The third-order valence-corrected chi connectivity index (χ3v) is 2.72. The Kier molecular flexibility index (Phi) is 3.05. The summed E-state index contributed by atoms with van der Waals surface area (Å²) in [6.45, 7) is 0. The minimum Gasteiger partial charge on any atom is -0.350 e. The highest BCUT2D eigenvalue weighted by Gasteiger charge is 2.34. The molecule has 2 aromatic rings. The molecule has 0 atom stereocenters. The standard InChI is InChI=1S/C12H6ClF3N2/c13-9-4-2-1-3-8(9)11-7(6-17)5-10(18-11)12(14,15)16/h1-5,18H. The molecule has 92 valence electrons. The number of nitrogens with zero attached hydrogens (tertiary/aromatic N) is 1. The maximum absolute atomic E-state index is 12.6. The summed E-state index contributed by atoms with van der Waals surface area (Å²) >= 11 is 5.90. The molecular formula is C12H6ClF3N2. The van der Waals surface area contributed by atoms with Crippen LogP contribution in [0.25, 0.3) is 11.3 Å². The first-order chi connectivity index (χ1) is 8.43. The third-order valence-electron chi connectivity index (χ3n) is 2.39. The topological polar surface area (TPSA) is 39.6 Å². The van der Waals surface area contributed by atoms with Crippen LogP contribution in [0.1, 0.15) is 11.3 Å². The van der Waals surface area contributed by atoms with Crippen LogP contribution in [-0.2, 0) is 6.18 Å². The molecule has 0 amide bonds. The van der Waals surface area contributed by atoms with E-state index in [0.29, 0.717) is 5.56 Å². The number of benzene rings is 1. The molecule has 2 nitrogen and oxygen atoms in total. The average molecular weight is 271 g/mol. The Morgan fingerprint density at radius 2 is 1.89 bits per heavy atom. The number of rotatable bonds is 1. The second-order valence-corrected chi connectivity index (χ2v) is 3.97. The van der Waals surface area contributed by atoms with Gasteiger partial charge >= 0.3 is 6.18 Å². The van der Waals surface area contributed by atoms with E-state index in [1.54, 1.807) is 30.3 Å². The monoisotopic (exact) mass is 270 g/mol. The molecule has 0 saturated carbocycles. The molecule has 0 bridgehead atoms. The van der Waals surface area contributed by atoms with Crippen LogP contribution in [-0.4, -0.2) is 4.98 Å². The molecule has 0 aliphatic heterocycles. The second-order valence-electron chi connectivity index (χ2n) is 3.56. The highest BCUT2D eigenvalue weighted by atomic mass is 35.5. The molecule has 0 aliphatic rings. The number of aromatic nitrogens is 1. The van der Waals surface area contributed by atoms with Gasteiger partial charge in [0.25, 0.3) is 0 Å². The molecule has 0 radical (unpaired) electrons. The zero-order chi connectivity index (χ0) is 13.3. The number of hydrogen-bond donors (Lipinski definition) is 1. The molecule has 1 N–H and O–H groups in total. The smallest absolute Gasteiger partial charge is 0.350 e. The van der Waals surface area contributed by atoms with Crippen molar-refractivity contribution in [2.75, 3.05) is 0 Å². The van der Waals surface area contributed by atoms with Crippen molar-refractivity contribution in [3.63, 3.8) is 0 Å². The van der Waals surface area contributed by atoms with Crippen LogP contribution in [0.15, 0.2) is 30.3 Å². The van der Waals surface area contributed by atoms with E-state index in [-0.39, 0.29) is 16.3 Å². The molecule has 6 heteroatoms. The summed E-state index contributed by atoms with van der Waals surface area (Å²) in [6.07, 6.45) is -4.52. The summed E-state index contributed by atoms with van der Waals surface area (Å²) in [5.41, 5.74) is -0.606. The number of aromatic amines is 1. The largest absolute Gasteiger partial charge is 0.431 e. The number of nitriles is 1. The van der Waals surface area contributed by atoms with Crippen molar-refractivity contribution in [3.8, 4) is 17.3 Å². The van der Waals surface area contributed by atoms with Gasteiger partial charge in [0.2, 0.25) is 0 Å². The second kappa shape index (κ2) is 4.39. The molecule has 1 heterocycles.